The Kier molecular flexibility index (Phi) is 6.82. The zero-order valence-electron chi connectivity index (χ0n) is 18.3. The number of aromatic nitrogens is 2. The van der Waals surface area contributed by atoms with Gasteiger partial charge in [0.05, 0.1) is 28.1 Å². The molecular formula is C25H23ClFN5O. The Hall–Kier alpha value is -3.55. The van der Waals surface area contributed by atoms with Crippen LogP contribution in [-0.2, 0) is 0 Å². The van der Waals surface area contributed by atoms with Crippen molar-refractivity contribution >= 4 is 39.8 Å². The molecule has 4 aromatic rings. The Morgan fingerprint density at radius 1 is 1.09 bits per heavy atom. The zero-order chi connectivity index (χ0) is 23.4. The number of likely N-dealkylation sites (N-methyl/N-ethyl adjacent to an activating group) is 1. The number of anilines is 2. The number of hydrogen-bond acceptors (Lipinski definition) is 5. The second-order valence-electron chi connectivity index (χ2n) is 7.80. The van der Waals surface area contributed by atoms with Gasteiger partial charge in [-0.1, -0.05) is 29.8 Å². The van der Waals surface area contributed by atoms with Gasteiger partial charge in [0, 0.05) is 41.5 Å². The summed E-state index contributed by atoms with van der Waals surface area (Å²) in [6.45, 7) is 1.23. The number of benzene rings is 2. The number of hydrogen-bond donors (Lipinski definition) is 2. The Balaban J connectivity index is 1.74. The van der Waals surface area contributed by atoms with Crippen LogP contribution in [0.2, 0.25) is 5.02 Å². The molecule has 0 saturated heterocycles. The molecule has 0 aliphatic rings. The van der Waals surface area contributed by atoms with Crippen LogP contribution in [0.1, 0.15) is 10.4 Å². The quantitative estimate of drug-likeness (QED) is 0.398. The summed E-state index contributed by atoms with van der Waals surface area (Å²) in [5.41, 5.74) is 3.09. The second kappa shape index (κ2) is 9.94. The highest BCUT2D eigenvalue weighted by Crippen LogP contribution is 2.33. The van der Waals surface area contributed by atoms with Crippen LogP contribution < -0.4 is 10.6 Å². The number of carbonyl (C=O) groups excluding carboxylic acids is 1. The number of amides is 1. The lowest BCUT2D eigenvalue weighted by molar-refractivity contribution is 0.0951. The topological polar surface area (TPSA) is 70.2 Å². The number of para-hydroxylation sites is 1. The lowest BCUT2D eigenvalue weighted by Crippen LogP contribution is -2.31. The minimum Gasteiger partial charge on any atom is -0.354 e. The number of nitrogens with zero attached hydrogens (tertiary/aromatic N) is 3. The summed E-state index contributed by atoms with van der Waals surface area (Å²) >= 11 is 6.11. The molecule has 0 radical (unpaired) electrons. The zero-order valence-corrected chi connectivity index (χ0v) is 19.0. The molecule has 8 heteroatoms. The van der Waals surface area contributed by atoms with Crippen LogP contribution in [-0.4, -0.2) is 48.0 Å². The normalized spacial score (nSPS) is 11.1. The van der Waals surface area contributed by atoms with Gasteiger partial charge in [-0.15, -0.1) is 0 Å². The lowest BCUT2D eigenvalue weighted by Gasteiger charge is -2.16. The van der Waals surface area contributed by atoms with Crippen LogP contribution in [0.3, 0.4) is 0 Å². The molecule has 4 rings (SSSR count). The van der Waals surface area contributed by atoms with E-state index in [2.05, 4.69) is 20.6 Å². The summed E-state index contributed by atoms with van der Waals surface area (Å²) < 4.78 is 14.6. The van der Waals surface area contributed by atoms with Gasteiger partial charge >= 0.3 is 0 Å². The van der Waals surface area contributed by atoms with Crippen molar-refractivity contribution in [3.05, 3.63) is 83.4 Å². The highest BCUT2D eigenvalue weighted by Gasteiger charge is 2.15. The Morgan fingerprint density at radius 2 is 1.91 bits per heavy atom. The largest absolute Gasteiger partial charge is 0.354 e. The molecule has 6 nitrogen and oxygen atoms in total. The third-order valence-corrected chi connectivity index (χ3v) is 5.34. The summed E-state index contributed by atoms with van der Waals surface area (Å²) in [5.74, 6) is -0.648. The van der Waals surface area contributed by atoms with Crippen molar-refractivity contribution in [3.8, 4) is 11.3 Å². The molecule has 1 amide bonds. The van der Waals surface area contributed by atoms with Gasteiger partial charge in [0.2, 0.25) is 0 Å². The predicted molar refractivity (Wildman–Crippen MR) is 131 cm³/mol. The SMILES string of the molecule is CN(C)CCNC(=O)c1cnccc1Nc1cc(-c2cc(Cl)ccc2F)nc2ccccc12. The molecule has 33 heavy (non-hydrogen) atoms. The monoisotopic (exact) mass is 463 g/mol. The summed E-state index contributed by atoms with van der Waals surface area (Å²) in [4.78, 5) is 23.5. The minimum absolute atomic E-state index is 0.230. The first-order valence-electron chi connectivity index (χ1n) is 10.4. The van der Waals surface area contributed by atoms with Crippen molar-refractivity contribution < 1.29 is 9.18 Å². The van der Waals surface area contributed by atoms with Crippen molar-refractivity contribution in [1.82, 2.24) is 20.2 Å². The summed E-state index contributed by atoms with van der Waals surface area (Å²) in [5, 5.41) is 7.49. The highest BCUT2D eigenvalue weighted by molar-refractivity contribution is 6.30. The molecule has 2 N–H and O–H groups in total. The van der Waals surface area contributed by atoms with E-state index in [1.165, 1.54) is 18.3 Å². The third-order valence-electron chi connectivity index (χ3n) is 5.10. The van der Waals surface area contributed by atoms with Gasteiger partial charge in [-0.2, -0.15) is 0 Å². The van der Waals surface area contributed by atoms with Crippen LogP contribution in [0.25, 0.3) is 22.2 Å². The Labute approximate surface area is 196 Å². The smallest absolute Gasteiger partial charge is 0.255 e. The van der Waals surface area contributed by atoms with E-state index < -0.39 is 5.82 Å². The number of nitrogens with one attached hydrogen (secondary N) is 2. The van der Waals surface area contributed by atoms with Crippen LogP contribution in [0, 0.1) is 5.82 Å². The number of carbonyl (C=O) groups is 1. The van der Waals surface area contributed by atoms with E-state index in [-0.39, 0.29) is 5.91 Å². The molecule has 0 aliphatic heterocycles. The fourth-order valence-corrected chi connectivity index (χ4v) is 3.60. The molecular weight excluding hydrogens is 441 g/mol. The van der Waals surface area contributed by atoms with Gasteiger partial charge in [0.1, 0.15) is 5.82 Å². The maximum atomic E-state index is 14.6. The van der Waals surface area contributed by atoms with Gasteiger partial charge in [-0.05, 0) is 50.5 Å². The molecule has 0 aliphatic carbocycles. The van der Waals surface area contributed by atoms with Gasteiger partial charge in [-0.3, -0.25) is 9.78 Å². The molecule has 2 aromatic carbocycles. The second-order valence-corrected chi connectivity index (χ2v) is 8.24. The van der Waals surface area contributed by atoms with Crippen molar-refractivity contribution in [3.63, 3.8) is 0 Å². The molecule has 2 heterocycles. The van der Waals surface area contributed by atoms with Crippen molar-refractivity contribution in [1.29, 1.82) is 0 Å². The van der Waals surface area contributed by atoms with Gasteiger partial charge in [0.25, 0.3) is 5.91 Å². The molecule has 2 aromatic heterocycles. The molecule has 168 valence electrons. The van der Waals surface area contributed by atoms with E-state index in [1.54, 1.807) is 24.4 Å². The Bertz CT molecular complexity index is 1310. The summed E-state index contributed by atoms with van der Waals surface area (Å²) in [6, 6.07) is 15.4. The highest BCUT2D eigenvalue weighted by atomic mass is 35.5. The first-order valence-corrected chi connectivity index (χ1v) is 10.8. The minimum atomic E-state index is -0.419. The number of rotatable bonds is 7. The molecule has 0 atom stereocenters. The number of halogens is 2. The van der Waals surface area contributed by atoms with Crippen LogP contribution in [0.15, 0.2) is 67.0 Å². The third kappa shape index (κ3) is 5.27. The number of fused-ring (bicyclic) bond motifs is 1. The molecule has 0 spiro atoms. The summed E-state index contributed by atoms with van der Waals surface area (Å²) in [7, 11) is 3.89. The molecule has 0 fully saturated rings. The fraction of sp³-hybridized carbons (Fsp3) is 0.160. The Morgan fingerprint density at radius 3 is 2.73 bits per heavy atom. The van der Waals surface area contributed by atoms with Crippen molar-refractivity contribution in [2.24, 2.45) is 0 Å². The fourth-order valence-electron chi connectivity index (χ4n) is 3.43. The molecule has 0 saturated carbocycles. The first kappa shape index (κ1) is 22.6. The number of pyridine rings is 2. The van der Waals surface area contributed by atoms with Gasteiger partial charge in [-0.25, -0.2) is 9.37 Å². The summed E-state index contributed by atoms with van der Waals surface area (Å²) in [6.07, 6.45) is 3.13. The van der Waals surface area contributed by atoms with E-state index in [9.17, 15) is 9.18 Å². The maximum Gasteiger partial charge on any atom is 0.255 e. The first-order chi connectivity index (χ1) is 15.9. The van der Waals surface area contributed by atoms with Crippen molar-refractivity contribution in [2.45, 2.75) is 0 Å². The van der Waals surface area contributed by atoms with Crippen molar-refractivity contribution in [2.75, 3.05) is 32.5 Å². The molecule has 0 unspecified atom stereocenters. The maximum absolute atomic E-state index is 14.6. The lowest BCUT2D eigenvalue weighted by atomic mass is 10.1. The van der Waals surface area contributed by atoms with E-state index in [4.69, 9.17) is 11.6 Å². The molecule has 0 bridgehead atoms. The standard InChI is InChI=1S/C25H23ClFN5O/c1-32(2)12-11-29-25(33)19-15-28-10-9-22(19)31-23-14-24(18-13-16(26)7-8-20(18)27)30-21-6-4-3-5-17(21)23/h3-10,13-15H,11-12H2,1-2H3,(H,29,33)(H,28,30,31). The average Bonchev–Trinajstić information content (AvgIpc) is 2.80. The van der Waals surface area contributed by atoms with E-state index >= 15 is 0 Å². The van der Waals surface area contributed by atoms with Gasteiger partial charge < -0.3 is 15.5 Å². The average molecular weight is 464 g/mol. The predicted octanol–water partition coefficient (Wildman–Crippen LogP) is 5.12. The van der Waals surface area contributed by atoms with E-state index in [0.717, 1.165) is 11.9 Å². The van der Waals surface area contributed by atoms with E-state index in [0.29, 0.717) is 45.3 Å². The van der Waals surface area contributed by atoms with E-state index in [1.807, 2.05) is 43.3 Å². The van der Waals surface area contributed by atoms with Crippen LogP contribution >= 0.6 is 11.6 Å². The van der Waals surface area contributed by atoms with Gasteiger partial charge in [0.15, 0.2) is 0 Å². The van der Waals surface area contributed by atoms with Crippen LogP contribution in [0.5, 0.6) is 0 Å². The van der Waals surface area contributed by atoms with Crippen LogP contribution in [0.4, 0.5) is 15.8 Å².